The van der Waals surface area contributed by atoms with Gasteiger partial charge in [0, 0.05) is 18.1 Å². The molecule has 7 heteroatoms. The lowest BCUT2D eigenvalue weighted by molar-refractivity contribution is -0.386. The Morgan fingerprint density at radius 1 is 1.58 bits per heavy atom. The molecule has 0 aromatic heterocycles. The van der Waals surface area contributed by atoms with Crippen molar-refractivity contribution in [3.05, 3.63) is 32.5 Å². The molecule has 106 valence electrons. The highest BCUT2D eigenvalue weighted by Gasteiger charge is 2.20. The molecule has 0 aliphatic heterocycles. The number of thiol groups is 1. The van der Waals surface area contributed by atoms with Gasteiger partial charge in [-0.2, -0.15) is 12.6 Å². The molecule has 1 aromatic rings. The predicted octanol–water partition coefficient (Wildman–Crippen LogP) is 4.22. The molecule has 0 amide bonds. The minimum atomic E-state index is -0.588. The van der Waals surface area contributed by atoms with E-state index in [9.17, 15) is 14.5 Å². The Balaban J connectivity index is 2.87. The zero-order chi connectivity index (χ0) is 14.4. The Morgan fingerprint density at radius 3 is 2.79 bits per heavy atom. The Labute approximate surface area is 125 Å². The van der Waals surface area contributed by atoms with Gasteiger partial charge in [0.05, 0.1) is 16.0 Å². The lowest BCUT2D eigenvalue weighted by Crippen LogP contribution is -2.14. The predicted molar refractivity (Wildman–Crippen MR) is 78.5 cm³/mol. The largest absolute Gasteiger partial charge is 0.486 e. The number of ether oxygens (including phenoxy) is 1. The first-order valence-corrected chi connectivity index (χ1v) is 7.29. The lowest BCUT2D eigenvalue weighted by atomic mass is 10.1. The van der Waals surface area contributed by atoms with Gasteiger partial charge < -0.3 is 4.74 Å². The number of benzene rings is 1. The van der Waals surface area contributed by atoms with Crippen molar-refractivity contribution in [2.75, 3.05) is 12.4 Å². The molecule has 19 heavy (non-hydrogen) atoms. The highest BCUT2D eigenvalue weighted by Crippen LogP contribution is 2.32. The maximum Gasteiger partial charge on any atom is 0.312 e. The van der Waals surface area contributed by atoms with Gasteiger partial charge in [-0.15, -0.1) is 0 Å². The summed E-state index contributed by atoms with van der Waals surface area (Å²) in [5, 5.41) is 10.9. The van der Waals surface area contributed by atoms with E-state index in [-0.39, 0.29) is 21.8 Å². The van der Waals surface area contributed by atoms with Gasteiger partial charge in [-0.25, -0.2) is 4.39 Å². The van der Waals surface area contributed by atoms with Gasteiger partial charge >= 0.3 is 5.69 Å². The molecule has 0 saturated heterocycles. The fourth-order valence-electron chi connectivity index (χ4n) is 1.62. The second-order valence-corrected chi connectivity index (χ2v) is 5.36. The monoisotopic (exact) mass is 351 g/mol. The fourth-order valence-corrected chi connectivity index (χ4v) is 2.24. The zero-order valence-corrected chi connectivity index (χ0v) is 12.9. The number of hydrogen-bond donors (Lipinski definition) is 1. The van der Waals surface area contributed by atoms with Gasteiger partial charge in [0.1, 0.15) is 5.82 Å². The summed E-state index contributed by atoms with van der Waals surface area (Å²) in [6.07, 6.45) is 1.89. The van der Waals surface area contributed by atoms with E-state index in [2.05, 4.69) is 28.6 Å². The van der Waals surface area contributed by atoms with Crippen LogP contribution in [0.15, 0.2) is 16.6 Å². The minimum absolute atomic E-state index is 0.0471. The Bertz CT molecular complexity index is 459. The Morgan fingerprint density at radius 2 is 2.26 bits per heavy atom. The van der Waals surface area contributed by atoms with Gasteiger partial charge in [-0.05, 0) is 28.1 Å². The van der Waals surface area contributed by atoms with Crippen LogP contribution in [0, 0.1) is 21.8 Å². The molecule has 1 rings (SSSR count). The summed E-state index contributed by atoms with van der Waals surface area (Å²) in [4.78, 5) is 10.3. The van der Waals surface area contributed by atoms with Gasteiger partial charge in [0.2, 0.25) is 0 Å². The van der Waals surface area contributed by atoms with Crippen molar-refractivity contribution >= 4 is 34.2 Å². The summed E-state index contributed by atoms with van der Waals surface area (Å²) in [5.74, 6) is 0.187. The summed E-state index contributed by atoms with van der Waals surface area (Å²) in [6, 6.07) is 2.14. The van der Waals surface area contributed by atoms with Gasteiger partial charge in [0.15, 0.2) is 5.75 Å². The third kappa shape index (κ3) is 4.65. The van der Waals surface area contributed by atoms with Crippen molar-refractivity contribution in [3.8, 4) is 5.75 Å². The molecule has 4 nitrogen and oxygen atoms in total. The molecule has 1 aromatic carbocycles. The van der Waals surface area contributed by atoms with E-state index < -0.39 is 10.7 Å². The van der Waals surface area contributed by atoms with Crippen LogP contribution in [0.3, 0.4) is 0 Å². The van der Waals surface area contributed by atoms with Gasteiger partial charge in [0.25, 0.3) is 0 Å². The first kappa shape index (κ1) is 16.2. The van der Waals surface area contributed by atoms with Gasteiger partial charge in [-0.1, -0.05) is 13.3 Å². The van der Waals surface area contributed by atoms with E-state index in [0.29, 0.717) is 12.4 Å². The van der Waals surface area contributed by atoms with Crippen molar-refractivity contribution in [2.24, 2.45) is 5.92 Å². The van der Waals surface area contributed by atoms with E-state index in [1.54, 1.807) is 0 Å². The van der Waals surface area contributed by atoms with E-state index in [1.807, 2.05) is 6.92 Å². The van der Waals surface area contributed by atoms with Crippen LogP contribution >= 0.6 is 28.6 Å². The quantitative estimate of drug-likeness (QED) is 0.454. The molecular formula is C12H15BrFNO3S. The molecule has 1 atom stereocenters. The SMILES string of the molecule is CCCC(CS)COc1cc(F)c(Br)cc1[N+](=O)[O-]. The summed E-state index contributed by atoms with van der Waals surface area (Å²) in [7, 11) is 0. The van der Waals surface area contributed by atoms with Crippen LogP contribution in [0.5, 0.6) is 5.75 Å². The molecule has 0 aliphatic rings. The smallest absolute Gasteiger partial charge is 0.312 e. The zero-order valence-electron chi connectivity index (χ0n) is 10.4. The molecule has 0 saturated carbocycles. The molecule has 0 N–H and O–H groups in total. The van der Waals surface area contributed by atoms with E-state index >= 15 is 0 Å². The van der Waals surface area contributed by atoms with Crippen LogP contribution < -0.4 is 4.74 Å². The van der Waals surface area contributed by atoms with Crippen molar-refractivity contribution in [1.82, 2.24) is 0 Å². The number of halogens is 2. The summed E-state index contributed by atoms with van der Waals surface area (Å²) in [6.45, 7) is 2.33. The normalized spacial score (nSPS) is 12.2. The lowest BCUT2D eigenvalue weighted by Gasteiger charge is -2.14. The van der Waals surface area contributed by atoms with Crippen LogP contribution in [0.2, 0.25) is 0 Å². The van der Waals surface area contributed by atoms with Crippen LogP contribution in [0.1, 0.15) is 19.8 Å². The average Bonchev–Trinajstić information content (AvgIpc) is 2.37. The van der Waals surface area contributed by atoms with Gasteiger partial charge in [-0.3, -0.25) is 10.1 Å². The molecular weight excluding hydrogens is 337 g/mol. The van der Waals surface area contributed by atoms with Crippen LogP contribution in [-0.2, 0) is 0 Å². The van der Waals surface area contributed by atoms with Crippen LogP contribution in [0.4, 0.5) is 10.1 Å². The number of nitro benzene ring substituents is 1. The Hall–Kier alpha value is -0.820. The number of nitro groups is 1. The molecule has 1 unspecified atom stereocenters. The van der Waals surface area contributed by atoms with Crippen molar-refractivity contribution in [3.63, 3.8) is 0 Å². The standard InChI is InChI=1S/C12H15BrFNO3S/c1-2-3-8(7-19)6-18-12-5-10(14)9(13)4-11(12)15(16)17/h4-5,8,19H,2-3,6-7H2,1H3. The molecule has 0 radical (unpaired) electrons. The van der Waals surface area contributed by atoms with E-state index in [0.717, 1.165) is 25.0 Å². The van der Waals surface area contributed by atoms with Crippen LogP contribution in [0.25, 0.3) is 0 Å². The molecule has 0 fully saturated rings. The third-order valence-corrected chi connectivity index (χ3v) is 3.75. The first-order valence-electron chi connectivity index (χ1n) is 5.86. The van der Waals surface area contributed by atoms with E-state index in [4.69, 9.17) is 4.74 Å². The minimum Gasteiger partial charge on any atom is -0.486 e. The summed E-state index contributed by atoms with van der Waals surface area (Å²) in [5.41, 5.74) is -0.248. The number of nitrogens with zero attached hydrogens (tertiary/aromatic N) is 1. The maximum atomic E-state index is 13.4. The second kappa shape index (κ2) is 7.69. The molecule has 0 spiro atoms. The van der Waals surface area contributed by atoms with Crippen molar-refractivity contribution < 1.29 is 14.1 Å². The molecule has 0 aliphatic carbocycles. The van der Waals surface area contributed by atoms with Crippen molar-refractivity contribution in [2.45, 2.75) is 19.8 Å². The average molecular weight is 352 g/mol. The number of hydrogen-bond acceptors (Lipinski definition) is 4. The Kier molecular flexibility index (Phi) is 6.57. The number of rotatable bonds is 7. The van der Waals surface area contributed by atoms with Crippen LogP contribution in [-0.4, -0.2) is 17.3 Å². The molecule has 0 heterocycles. The van der Waals surface area contributed by atoms with Crippen molar-refractivity contribution in [1.29, 1.82) is 0 Å². The van der Waals surface area contributed by atoms with E-state index in [1.165, 1.54) is 0 Å². The molecule has 0 bridgehead atoms. The fraction of sp³-hybridized carbons (Fsp3) is 0.500. The second-order valence-electron chi connectivity index (χ2n) is 4.14. The highest BCUT2D eigenvalue weighted by molar-refractivity contribution is 9.10. The third-order valence-electron chi connectivity index (χ3n) is 2.63. The topological polar surface area (TPSA) is 52.4 Å². The maximum absolute atomic E-state index is 13.4. The first-order chi connectivity index (χ1) is 8.99. The highest BCUT2D eigenvalue weighted by atomic mass is 79.9. The summed E-state index contributed by atoms with van der Waals surface area (Å²) >= 11 is 7.12. The summed E-state index contributed by atoms with van der Waals surface area (Å²) < 4.78 is 18.8.